The first kappa shape index (κ1) is 15.0. The smallest absolute Gasteiger partial charge is 0.0252 e. The standard InChI is InChI=1S/C15H32N2/c1-14(2)9-7-5-6-8-11-17-12-10-16-15(3,4)13-17/h14,16H,5-13H2,1-4H3. The van der Waals surface area contributed by atoms with Crippen LogP contribution in [0.15, 0.2) is 0 Å². The zero-order valence-corrected chi connectivity index (χ0v) is 12.4. The van der Waals surface area contributed by atoms with Crippen LogP contribution in [0, 0.1) is 5.92 Å². The Labute approximate surface area is 108 Å². The second-order valence-electron chi connectivity index (χ2n) is 6.68. The molecule has 0 aromatic heterocycles. The molecule has 0 spiro atoms. The van der Waals surface area contributed by atoms with Crippen molar-refractivity contribution in [1.82, 2.24) is 10.2 Å². The molecule has 2 heteroatoms. The monoisotopic (exact) mass is 240 g/mol. The van der Waals surface area contributed by atoms with Gasteiger partial charge in [0.25, 0.3) is 0 Å². The van der Waals surface area contributed by atoms with Gasteiger partial charge in [-0.3, -0.25) is 0 Å². The van der Waals surface area contributed by atoms with E-state index < -0.39 is 0 Å². The maximum atomic E-state index is 3.57. The highest BCUT2D eigenvalue weighted by molar-refractivity contribution is 4.86. The number of nitrogens with one attached hydrogen (secondary N) is 1. The van der Waals surface area contributed by atoms with Crippen LogP contribution in [0.4, 0.5) is 0 Å². The summed E-state index contributed by atoms with van der Waals surface area (Å²) < 4.78 is 0. The molecule has 0 amide bonds. The minimum absolute atomic E-state index is 0.315. The molecule has 0 aromatic rings. The lowest BCUT2D eigenvalue weighted by Gasteiger charge is -2.39. The van der Waals surface area contributed by atoms with Gasteiger partial charge in [0.2, 0.25) is 0 Å². The van der Waals surface area contributed by atoms with E-state index in [0.29, 0.717) is 5.54 Å². The lowest BCUT2D eigenvalue weighted by Crippen LogP contribution is -2.57. The van der Waals surface area contributed by atoms with Crippen LogP contribution in [0.2, 0.25) is 0 Å². The van der Waals surface area contributed by atoms with Gasteiger partial charge < -0.3 is 10.2 Å². The summed E-state index contributed by atoms with van der Waals surface area (Å²) in [5.41, 5.74) is 0.315. The predicted octanol–water partition coefficient (Wildman–Crippen LogP) is 3.28. The fourth-order valence-corrected chi connectivity index (χ4v) is 2.68. The van der Waals surface area contributed by atoms with Crippen molar-refractivity contribution in [3.05, 3.63) is 0 Å². The van der Waals surface area contributed by atoms with Crippen LogP contribution in [0.3, 0.4) is 0 Å². The first-order valence-electron chi connectivity index (χ1n) is 7.47. The average molecular weight is 240 g/mol. The molecule has 0 atom stereocenters. The Morgan fingerprint density at radius 2 is 1.82 bits per heavy atom. The van der Waals surface area contributed by atoms with Gasteiger partial charge in [-0.1, -0.05) is 39.5 Å². The molecule has 102 valence electrons. The Balaban J connectivity index is 1.99. The molecular weight excluding hydrogens is 208 g/mol. The number of hydrogen-bond donors (Lipinski definition) is 1. The Morgan fingerprint density at radius 3 is 2.47 bits per heavy atom. The van der Waals surface area contributed by atoms with Crippen molar-refractivity contribution in [3.63, 3.8) is 0 Å². The lowest BCUT2D eigenvalue weighted by atomic mass is 10.0. The maximum absolute atomic E-state index is 3.57. The van der Waals surface area contributed by atoms with Crippen molar-refractivity contribution in [1.29, 1.82) is 0 Å². The molecule has 2 nitrogen and oxygen atoms in total. The van der Waals surface area contributed by atoms with Gasteiger partial charge in [0.1, 0.15) is 0 Å². The van der Waals surface area contributed by atoms with E-state index in [1.807, 2.05) is 0 Å². The number of unbranched alkanes of at least 4 members (excludes halogenated alkanes) is 3. The Hall–Kier alpha value is -0.0800. The second-order valence-corrected chi connectivity index (χ2v) is 6.68. The van der Waals surface area contributed by atoms with Crippen molar-refractivity contribution < 1.29 is 0 Å². The van der Waals surface area contributed by atoms with Crippen molar-refractivity contribution in [2.45, 2.75) is 65.3 Å². The van der Waals surface area contributed by atoms with Crippen molar-refractivity contribution in [2.75, 3.05) is 26.2 Å². The third-order valence-corrected chi connectivity index (χ3v) is 3.66. The molecule has 1 fully saturated rings. The third kappa shape index (κ3) is 7.05. The topological polar surface area (TPSA) is 15.3 Å². The first-order valence-corrected chi connectivity index (χ1v) is 7.47. The number of nitrogens with zero attached hydrogens (tertiary/aromatic N) is 1. The average Bonchev–Trinajstić information content (AvgIpc) is 2.21. The Bertz CT molecular complexity index is 199. The summed E-state index contributed by atoms with van der Waals surface area (Å²) >= 11 is 0. The van der Waals surface area contributed by atoms with Gasteiger partial charge in [0.15, 0.2) is 0 Å². The summed E-state index contributed by atoms with van der Waals surface area (Å²) in [5.74, 6) is 0.879. The number of rotatable bonds is 7. The molecule has 1 aliphatic rings. The SMILES string of the molecule is CC(C)CCCCCCN1CCNC(C)(C)C1. The van der Waals surface area contributed by atoms with Crippen LogP contribution in [0.5, 0.6) is 0 Å². The highest BCUT2D eigenvalue weighted by Gasteiger charge is 2.24. The molecule has 0 saturated carbocycles. The molecule has 17 heavy (non-hydrogen) atoms. The van der Waals surface area contributed by atoms with Crippen LogP contribution in [0.1, 0.15) is 59.8 Å². The van der Waals surface area contributed by atoms with E-state index in [2.05, 4.69) is 37.9 Å². The van der Waals surface area contributed by atoms with Gasteiger partial charge in [-0.25, -0.2) is 0 Å². The summed E-state index contributed by atoms with van der Waals surface area (Å²) in [6, 6.07) is 0. The first-order chi connectivity index (χ1) is 7.99. The number of hydrogen-bond acceptors (Lipinski definition) is 2. The van der Waals surface area contributed by atoms with E-state index in [-0.39, 0.29) is 0 Å². The Morgan fingerprint density at radius 1 is 1.12 bits per heavy atom. The molecule has 0 aromatic carbocycles. The molecular formula is C15H32N2. The predicted molar refractivity (Wildman–Crippen MR) is 76.4 cm³/mol. The van der Waals surface area contributed by atoms with E-state index in [9.17, 15) is 0 Å². The Kier molecular flexibility index (Phi) is 6.50. The molecule has 1 N–H and O–H groups in total. The maximum Gasteiger partial charge on any atom is 0.0252 e. The molecule has 1 aliphatic heterocycles. The summed E-state index contributed by atoms with van der Waals surface area (Å²) in [6.07, 6.45) is 7.05. The summed E-state index contributed by atoms with van der Waals surface area (Å²) in [6.45, 7) is 14.1. The normalized spacial score (nSPS) is 21.0. The zero-order valence-electron chi connectivity index (χ0n) is 12.4. The fourth-order valence-electron chi connectivity index (χ4n) is 2.68. The van der Waals surface area contributed by atoms with Crippen molar-refractivity contribution in [3.8, 4) is 0 Å². The van der Waals surface area contributed by atoms with Gasteiger partial charge in [0.05, 0.1) is 0 Å². The highest BCUT2D eigenvalue weighted by atomic mass is 15.2. The lowest BCUT2D eigenvalue weighted by molar-refractivity contribution is 0.152. The quantitative estimate of drug-likeness (QED) is 0.687. The molecule has 1 rings (SSSR count). The minimum Gasteiger partial charge on any atom is -0.309 e. The van der Waals surface area contributed by atoms with E-state index in [4.69, 9.17) is 0 Å². The summed E-state index contributed by atoms with van der Waals surface area (Å²) in [7, 11) is 0. The summed E-state index contributed by atoms with van der Waals surface area (Å²) in [5, 5.41) is 3.57. The van der Waals surface area contributed by atoms with Gasteiger partial charge in [-0.2, -0.15) is 0 Å². The van der Waals surface area contributed by atoms with Gasteiger partial charge in [-0.15, -0.1) is 0 Å². The molecule has 1 saturated heterocycles. The van der Waals surface area contributed by atoms with E-state index in [1.54, 1.807) is 0 Å². The largest absolute Gasteiger partial charge is 0.309 e. The van der Waals surface area contributed by atoms with Crippen LogP contribution in [-0.4, -0.2) is 36.6 Å². The molecule has 1 heterocycles. The third-order valence-electron chi connectivity index (χ3n) is 3.66. The van der Waals surface area contributed by atoms with Crippen molar-refractivity contribution in [2.24, 2.45) is 5.92 Å². The summed E-state index contributed by atoms with van der Waals surface area (Å²) in [4.78, 5) is 2.62. The minimum atomic E-state index is 0.315. The van der Waals surface area contributed by atoms with Crippen LogP contribution in [0.25, 0.3) is 0 Å². The van der Waals surface area contributed by atoms with Gasteiger partial charge in [-0.05, 0) is 32.7 Å². The molecule has 0 unspecified atom stereocenters. The molecule has 0 bridgehead atoms. The van der Waals surface area contributed by atoms with E-state index >= 15 is 0 Å². The molecule has 0 radical (unpaired) electrons. The van der Waals surface area contributed by atoms with Gasteiger partial charge >= 0.3 is 0 Å². The highest BCUT2D eigenvalue weighted by Crippen LogP contribution is 2.13. The van der Waals surface area contributed by atoms with Crippen LogP contribution in [-0.2, 0) is 0 Å². The molecule has 0 aliphatic carbocycles. The van der Waals surface area contributed by atoms with E-state index in [0.717, 1.165) is 12.5 Å². The fraction of sp³-hybridized carbons (Fsp3) is 1.00. The second kappa shape index (κ2) is 7.38. The van der Waals surface area contributed by atoms with Gasteiger partial charge in [0, 0.05) is 25.2 Å². The van der Waals surface area contributed by atoms with Crippen LogP contribution >= 0.6 is 0 Å². The van der Waals surface area contributed by atoms with Crippen molar-refractivity contribution >= 4 is 0 Å². The number of piperazine rings is 1. The zero-order chi connectivity index (χ0) is 12.7. The van der Waals surface area contributed by atoms with E-state index in [1.165, 1.54) is 51.7 Å². The van der Waals surface area contributed by atoms with Crippen LogP contribution < -0.4 is 5.32 Å².